The van der Waals surface area contributed by atoms with Crippen LogP contribution in [0, 0.1) is 5.92 Å². The number of rotatable bonds is 7. The van der Waals surface area contributed by atoms with Crippen LogP contribution in [0.3, 0.4) is 0 Å². The average molecular weight is 387 g/mol. The van der Waals surface area contributed by atoms with Gasteiger partial charge in [0.2, 0.25) is 0 Å². The van der Waals surface area contributed by atoms with Crippen molar-refractivity contribution < 1.29 is 0 Å². The minimum atomic E-state index is 0.513. The molecule has 0 radical (unpaired) electrons. The first kappa shape index (κ1) is 21.1. The van der Waals surface area contributed by atoms with Crippen molar-refractivity contribution in [1.29, 1.82) is 0 Å². The number of pyridine rings is 1. The van der Waals surface area contributed by atoms with Crippen LogP contribution in [0.25, 0.3) is 0 Å². The molecular formula is C22H38N6. The molecule has 6 nitrogen and oxygen atoms in total. The number of aromatic nitrogens is 1. The molecule has 156 valence electrons. The summed E-state index contributed by atoms with van der Waals surface area (Å²) >= 11 is 0. The van der Waals surface area contributed by atoms with E-state index in [9.17, 15) is 0 Å². The van der Waals surface area contributed by atoms with Crippen molar-refractivity contribution in [3.05, 3.63) is 30.1 Å². The number of nitrogens with one attached hydrogen (secondary N) is 2. The van der Waals surface area contributed by atoms with E-state index in [1.807, 2.05) is 19.3 Å². The summed E-state index contributed by atoms with van der Waals surface area (Å²) < 4.78 is 0. The highest BCUT2D eigenvalue weighted by atomic mass is 15.2. The summed E-state index contributed by atoms with van der Waals surface area (Å²) in [7, 11) is 1.88. The SMILES string of the molecule is CCN1CCC(CCNC(=NC)NC2CCN(Cc3ccccn3)CC2)CC1. The van der Waals surface area contributed by atoms with Gasteiger partial charge in [0.25, 0.3) is 0 Å². The highest BCUT2D eigenvalue weighted by Crippen LogP contribution is 2.19. The molecule has 0 saturated carbocycles. The fourth-order valence-corrected chi connectivity index (χ4v) is 4.33. The lowest BCUT2D eigenvalue weighted by molar-refractivity contribution is 0.187. The Morgan fingerprint density at radius 2 is 1.86 bits per heavy atom. The zero-order chi connectivity index (χ0) is 19.6. The zero-order valence-electron chi connectivity index (χ0n) is 17.7. The molecule has 0 bridgehead atoms. The van der Waals surface area contributed by atoms with E-state index >= 15 is 0 Å². The summed E-state index contributed by atoms with van der Waals surface area (Å²) in [6.07, 6.45) is 8.13. The van der Waals surface area contributed by atoms with E-state index < -0.39 is 0 Å². The van der Waals surface area contributed by atoms with Gasteiger partial charge in [0.15, 0.2) is 5.96 Å². The lowest BCUT2D eigenvalue weighted by Crippen LogP contribution is -2.48. The number of likely N-dealkylation sites (tertiary alicyclic amines) is 2. The molecule has 2 saturated heterocycles. The van der Waals surface area contributed by atoms with E-state index in [4.69, 9.17) is 0 Å². The minimum Gasteiger partial charge on any atom is -0.356 e. The van der Waals surface area contributed by atoms with E-state index in [0.29, 0.717) is 6.04 Å². The van der Waals surface area contributed by atoms with Crippen molar-refractivity contribution in [2.24, 2.45) is 10.9 Å². The Balaban J connectivity index is 1.31. The van der Waals surface area contributed by atoms with Gasteiger partial charge in [0.1, 0.15) is 0 Å². The monoisotopic (exact) mass is 386 g/mol. The van der Waals surface area contributed by atoms with Crippen LogP contribution >= 0.6 is 0 Å². The molecule has 0 amide bonds. The molecule has 2 aliphatic heterocycles. The maximum atomic E-state index is 4.45. The van der Waals surface area contributed by atoms with E-state index in [2.05, 4.69) is 49.5 Å². The Hall–Kier alpha value is -1.66. The number of guanidine groups is 1. The van der Waals surface area contributed by atoms with Crippen molar-refractivity contribution in [2.45, 2.75) is 51.6 Å². The van der Waals surface area contributed by atoms with Crippen molar-refractivity contribution in [3.8, 4) is 0 Å². The molecule has 0 aromatic carbocycles. The molecule has 2 fully saturated rings. The molecule has 0 unspecified atom stereocenters. The molecular weight excluding hydrogens is 348 g/mol. The molecule has 6 heteroatoms. The van der Waals surface area contributed by atoms with Crippen LogP contribution in [0.1, 0.15) is 44.7 Å². The fourth-order valence-electron chi connectivity index (χ4n) is 4.33. The summed E-state index contributed by atoms with van der Waals surface area (Å²) in [6.45, 7) is 10.2. The standard InChI is InChI=1S/C22H38N6/c1-3-27-14-8-19(9-15-27)7-13-25-22(23-2)26-20-10-16-28(17-11-20)18-21-6-4-5-12-24-21/h4-6,12,19-20H,3,7-11,13-18H2,1-2H3,(H2,23,25,26). The number of hydrogen-bond donors (Lipinski definition) is 2. The van der Waals surface area contributed by atoms with Gasteiger partial charge in [-0.25, -0.2) is 0 Å². The number of hydrogen-bond acceptors (Lipinski definition) is 4. The van der Waals surface area contributed by atoms with E-state index in [0.717, 1.165) is 56.6 Å². The second-order valence-corrected chi connectivity index (χ2v) is 8.18. The second-order valence-electron chi connectivity index (χ2n) is 8.18. The number of nitrogens with zero attached hydrogens (tertiary/aromatic N) is 4. The van der Waals surface area contributed by atoms with Crippen LogP contribution in [0.5, 0.6) is 0 Å². The van der Waals surface area contributed by atoms with Gasteiger partial charge >= 0.3 is 0 Å². The molecule has 1 aromatic rings. The van der Waals surface area contributed by atoms with Gasteiger partial charge in [0, 0.05) is 45.5 Å². The third kappa shape index (κ3) is 6.74. The second kappa shape index (κ2) is 11.4. The van der Waals surface area contributed by atoms with Crippen LogP contribution in [-0.2, 0) is 6.54 Å². The van der Waals surface area contributed by atoms with Gasteiger partial charge in [0.05, 0.1) is 5.69 Å². The van der Waals surface area contributed by atoms with Crippen molar-refractivity contribution in [2.75, 3.05) is 46.3 Å². The third-order valence-electron chi connectivity index (χ3n) is 6.26. The lowest BCUT2D eigenvalue weighted by Gasteiger charge is -2.33. The van der Waals surface area contributed by atoms with Crippen LogP contribution in [0.2, 0.25) is 0 Å². The van der Waals surface area contributed by atoms with Crippen LogP contribution in [-0.4, -0.2) is 73.1 Å². The van der Waals surface area contributed by atoms with Crippen LogP contribution in [0.15, 0.2) is 29.4 Å². The summed E-state index contributed by atoms with van der Waals surface area (Å²) in [4.78, 5) is 13.9. The van der Waals surface area contributed by atoms with E-state index in [-0.39, 0.29) is 0 Å². The molecule has 3 heterocycles. The molecule has 2 aliphatic rings. The molecule has 3 rings (SSSR count). The Morgan fingerprint density at radius 3 is 2.50 bits per heavy atom. The normalized spacial score (nSPS) is 21.0. The molecule has 0 aliphatic carbocycles. The predicted molar refractivity (Wildman–Crippen MR) is 116 cm³/mol. The Bertz CT molecular complexity index is 574. The summed E-state index contributed by atoms with van der Waals surface area (Å²) in [6, 6.07) is 6.67. The minimum absolute atomic E-state index is 0.513. The lowest BCUT2D eigenvalue weighted by atomic mass is 9.93. The molecule has 0 spiro atoms. The Labute approximate surface area is 170 Å². The maximum absolute atomic E-state index is 4.45. The first-order valence-electron chi connectivity index (χ1n) is 11.1. The topological polar surface area (TPSA) is 55.8 Å². The predicted octanol–water partition coefficient (Wildman–Crippen LogP) is 2.33. The number of aliphatic imine (C=N–C) groups is 1. The highest BCUT2D eigenvalue weighted by molar-refractivity contribution is 5.79. The van der Waals surface area contributed by atoms with Crippen molar-refractivity contribution >= 4 is 5.96 Å². The quantitative estimate of drug-likeness (QED) is 0.556. The molecule has 0 atom stereocenters. The largest absolute Gasteiger partial charge is 0.356 e. The first-order chi connectivity index (χ1) is 13.8. The first-order valence-corrected chi connectivity index (χ1v) is 11.1. The fraction of sp³-hybridized carbons (Fsp3) is 0.727. The average Bonchev–Trinajstić information content (AvgIpc) is 2.75. The van der Waals surface area contributed by atoms with Gasteiger partial charge in [-0.15, -0.1) is 0 Å². The van der Waals surface area contributed by atoms with E-state index in [1.165, 1.54) is 38.9 Å². The Morgan fingerprint density at radius 1 is 1.11 bits per heavy atom. The van der Waals surface area contributed by atoms with Crippen molar-refractivity contribution in [3.63, 3.8) is 0 Å². The van der Waals surface area contributed by atoms with Gasteiger partial charge < -0.3 is 15.5 Å². The van der Waals surface area contributed by atoms with E-state index in [1.54, 1.807) is 0 Å². The van der Waals surface area contributed by atoms with Crippen molar-refractivity contribution in [1.82, 2.24) is 25.4 Å². The zero-order valence-corrected chi connectivity index (χ0v) is 17.7. The number of piperidine rings is 2. The summed E-state index contributed by atoms with van der Waals surface area (Å²) in [5, 5.41) is 7.17. The molecule has 28 heavy (non-hydrogen) atoms. The third-order valence-corrected chi connectivity index (χ3v) is 6.26. The summed E-state index contributed by atoms with van der Waals surface area (Å²) in [5.41, 5.74) is 1.16. The smallest absolute Gasteiger partial charge is 0.191 e. The van der Waals surface area contributed by atoms with Gasteiger partial charge in [-0.1, -0.05) is 13.0 Å². The van der Waals surface area contributed by atoms with Crippen LogP contribution < -0.4 is 10.6 Å². The molecule has 1 aromatic heterocycles. The van der Waals surface area contributed by atoms with Crippen LogP contribution in [0.4, 0.5) is 0 Å². The maximum Gasteiger partial charge on any atom is 0.191 e. The van der Waals surface area contributed by atoms with Gasteiger partial charge in [-0.05, 0) is 69.8 Å². The molecule has 2 N–H and O–H groups in total. The van der Waals surface area contributed by atoms with Gasteiger partial charge in [-0.3, -0.25) is 14.9 Å². The van der Waals surface area contributed by atoms with Gasteiger partial charge in [-0.2, -0.15) is 0 Å². The highest BCUT2D eigenvalue weighted by Gasteiger charge is 2.21. The summed E-state index contributed by atoms with van der Waals surface area (Å²) in [5.74, 6) is 1.83. The Kier molecular flexibility index (Phi) is 8.55.